The van der Waals surface area contributed by atoms with Gasteiger partial charge in [0.25, 0.3) is 0 Å². The van der Waals surface area contributed by atoms with Crippen LogP contribution in [-0.2, 0) is 18.4 Å². The molecule has 0 unspecified atom stereocenters. The summed E-state index contributed by atoms with van der Waals surface area (Å²) in [6.45, 7) is 5.91. The summed E-state index contributed by atoms with van der Waals surface area (Å²) in [5, 5.41) is 4.65. The van der Waals surface area contributed by atoms with Gasteiger partial charge in [-0.2, -0.15) is 5.10 Å². The van der Waals surface area contributed by atoms with Gasteiger partial charge in [0.05, 0.1) is 5.69 Å². The Hall–Kier alpha value is -1.92. The summed E-state index contributed by atoms with van der Waals surface area (Å²) >= 11 is 9.47. The number of aryl methyl sites for hydroxylation is 2. The molecule has 1 aromatic carbocycles. The van der Waals surface area contributed by atoms with Gasteiger partial charge >= 0.3 is 0 Å². The summed E-state index contributed by atoms with van der Waals surface area (Å²) in [6.07, 6.45) is 4.64. The molecule has 1 heterocycles. The lowest BCUT2D eigenvalue weighted by Gasteiger charge is -2.20. The van der Waals surface area contributed by atoms with Crippen LogP contribution in [0.2, 0.25) is 5.15 Å². The number of carbonyl (C=O) groups excluding carboxylic acids is 1. The lowest BCUT2D eigenvalue weighted by molar-refractivity contribution is -0.126. The van der Waals surface area contributed by atoms with E-state index in [1.165, 1.54) is 17.0 Å². The molecule has 0 aliphatic heterocycles. The van der Waals surface area contributed by atoms with E-state index in [1.807, 2.05) is 6.92 Å². The van der Waals surface area contributed by atoms with Crippen molar-refractivity contribution >= 4 is 39.5 Å². The van der Waals surface area contributed by atoms with Crippen LogP contribution in [0.15, 0.2) is 41.4 Å². The van der Waals surface area contributed by atoms with Crippen LogP contribution in [-0.4, -0.2) is 27.1 Å². The molecule has 4 nitrogen and oxygen atoms in total. The van der Waals surface area contributed by atoms with Gasteiger partial charge in [-0.3, -0.25) is 9.48 Å². The van der Waals surface area contributed by atoms with Gasteiger partial charge in [0.2, 0.25) is 5.91 Å². The van der Waals surface area contributed by atoms with Gasteiger partial charge < -0.3 is 4.90 Å². The highest BCUT2D eigenvalue weighted by atomic mass is 79.9. The smallest absolute Gasteiger partial charge is 0.247 e. The van der Waals surface area contributed by atoms with Crippen LogP contribution in [0, 0.1) is 12.7 Å². The number of nitrogens with zero attached hydrogens (tertiary/aromatic N) is 3. The lowest BCUT2D eigenvalue weighted by atomic mass is 10.2. The molecule has 132 valence electrons. The maximum atomic E-state index is 14.0. The molecule has 0 aliphatic rings. The molecule has 0 radical (unpaired) electrons. The number of hydrogen-bond acceptors (Lipinski definition) is 2. The van der Waals surface area contributed by atoms with E-state index >= 15 is 0 Å². The number of benzene rings is 1. The summed E-state index contributed by atoms with van der Waals surface area (Å²) in [6, 6.07) is 4.64. The fraction of sp³-hybridized carbons (Fsp3) is 0.222. The first-order chi connectivity index (χ1) is 11.8. The van der Waals surface area contributed by atoms with E-state index in [2.05, 4.69) is 27.6 Å². The van der Waals surface area contributed by atoms with E-state index in [0.717, 1.165) is 10.2 Å². The molecule has 0 bridgehead atoms. The first-order valence-electron chi connectivity index (χ1n) is 7.54. The van der Waals surface area contributed by atoms with Crippen LogP contribution in [0.3, 0.4) is 0 Å². The van der Waals surface area contributed by atoms with Crippen molar-refractivity contribution in [1.82, 2.24) is 14.7 Å². The minimum absolute atomic E-state index is 0.139. The van der Waals surface area contributed by atoms with Crippen molar-refractivity contribution in [2.75, 3.05) is 6.54 Å². The normalized spacial score (nSPS) is 11.1. The Bertz CT molecular complexity index is 832. The SMILES string of the molecule is C=CCN(Cc1cc(Br)ccc1F)C(=O)C=Cc1c(C)nn(C)c1Cl. The van der Waals surface area contributed by atoms with Crippen LogP contribution in [0.1, 0.15) is 16.8 Å². The van der Waals surface area contributed by atoms with E-state index in [0.29, 0.717) is 22.8 Å². The van der Waals surface area contributed by atoms with E-state index in [1.54, 1.807) is 36.0 Å². The third kappa shape index (κ3) is 4.80. The lowest BCUT2D eigenvalue weighted by Crippen LogP contribution is -2.29. The summed E-state index contributed by atoms with van der Waals surface area (Å²) in [5.74, 6) is -0.626. The minimum atomic E-state index is -0.361. The highest BCUT2D eigenvalue weighted by Crippen LogP contribution is 2.21. The molecule has 0 atom stereocenters. The number of amides is 1. The summed E-state index contributed by atoms with van der Waals surface area (Å²) < 4.78 is 16.3. The van der Waals surface area contributed by atoms with Crippen LogP contribution in [0.25, 0.3) is 6.08 Å². The first kappa shape index (κ1) is 19.4. The number of rotatable bonds is 6. The Morgan fingerprint density at radius 1 is 1.52 bits per heavy atom. The molecule has 0 saturated carbocycles. The fourth-order valence-corrected chi connectivity index (χ4v) is 3.00. The number of hydrogen-bond donors (Lipinski definition) is 0. The Balaban J connectivity index is 2.21. The highest BCUT2D eigenvalue weighted by Gasteiger charge is 2.14. The second-order valence-electron chi connectivity index (χ2n) is 5.49. The summed E-state index contributed by atoms with van der Waals surface area (Å²) in [4.78, 5) is 14.0. The molecule has 0 N–H and O–H groups in total. The average Bonchev–Trinajstić information content (AvgIpc) is 2.80. The van der Waals surface area contributed by atoms with Crippen LogP contribution >= 0.6 is 27.5 Å². The third-order valence-corrected chi connectivity index (χ3v) is 4.56. The molecule has 25 heavy (non-hydrogen) atoms. The molecular weight excluding hydrogens is 409 g/mol. The Labute approximate surface area is 159 Å². The number of halogens is 3. The molecule has 0 saturated heterocycles. The molecular formula is C18H18BrClFN3O. The zero-order chi connectivity index (χ0) is 18.6. The Kier molecular flexibility index (Phi) is 6.56. The predicted octanol–water partition coefficient (Wildman–Crippen LogP) is 4.51. The quantitative estimate of drug-likeness (QED) is 0.503. The zero-order valence-corrected chi connectivity index (χ0v) is 16.3. The maximum absolute atomic E-state index is 14.0. The van der Waals surface area contributed by atoms with Gasteiger partial charge in [-0.1, -0.05) is 33.6 Å². The largest absolute Gasteiger partial charge is 0.331 e. The van der Waals surface area contributed by atoms with Crippen molar-refractivity contribution in [3.8, 4) is 0 Å². The number of carbonyl (C=O) groups is 1. The van der Waals surface area contributed by atoms with Crippen LogP contribution in [0.5, 0.6) is 0 Å². The molecule has 7 heteroatoms. The first-order valence-corrected chi connectivity index (χ1v) is 8.71. The topological polar surface area (TPSA) is 38.1 Å². The molecule has 1 aromatic heterocycles. The summed E-state index contributed by atoms with van der Waals surface area (Å²) in [7, 11) is 1.73. The standard InChI is InChI=1S/C18H18BrClFN3O/c1-4-9-24(11-13-10-14(19)5-7-16(13)21)17(25)8-6-15-12(2)22-23(3)18(15)20/h4-8,10H,1,9,11H2,2-3H3. The third-order valence-electron chi connectivity index (χ3n) is 3.62. The zero-order valence-electron chi connectivity index (χ0n) is 14.0. The van der Waals surface area contributed by atoms with Gasteiger partial charge in [0, 0.05) is 41.8 Å². The van der Waals surface area contributed by atoms with Gasteiger partial charge in [-0.25, -0.2) is 4.39 Å². The van der Waals surface area contributed by atoms with E-state index in [4.69, 9.17) is 11.6 Å². The van der Waals surface area contributed by atoms with Crippen molar-refractivity contribution in [1.29, 1.82) is 0 Å². The monoisotopic (exact) mass is 425 g/mol. The molecule has 0 spiro atoms. The van der Waals surface area contributed by atoms with Gasteiger partial charge in [0.1, 0.15) is 11.0 Å². The minimum Gasteiger partial charge on any atom is -0.331 e. The second kappa shape index (κ2) is 8.45. The van der Waals surface area contributed by atoms with Crippen LogP contribution < -0.4 is 0 Å². The van der Waals surface area contributed by atoms with E-state index < -0.39 is 0 Å². The van der Waals surface area contributed by atoms with Crippen molar-refractivity contribution in [3.05, 3.63) is 69.2 Å². The predicted molar refractivity (Wildman–Crippen MR) is 102 cm³/mol. The van der Waals surface area contributed by atoms with E-state index in [9.17, 15) is 9.18 Å². The Morgan fingerprint density at radius 3 is 2.84 bits per heavy atom. The summed E-state index contributed by atoms with van der Waals surface area (Å²) in [5.41, 5.74) is 1.84. The molecule has 0 fully saturated rings. The van der Waals surface area contributed by atoms with Crippen molar-refractivity contribution in [2.45, 2.75) is 13.5 Å². The maximum Gasteiger partial charge on any atom is 0.247 e. The second-order valence-corrected chi connectivity index (χ2v) is 6.76. The van der Waals surface area contributed by atoms with Crippen molar-refractivity contribution in [3.63, 3.8) is 0 Å². The average molecular weight is 427 g/mol. The van der Waals surface area contributed by atoms with Crippen LogP contribution in [0.4, 0.5) is 4.39 Å². The van der Waals surface area contributed by atoms with Gasteiger partial charge in [-0.15, -0.1) is 6.58 Å². The Morgan fingerprint density at radius 2 is 2.24 bits per heavy atom. The molecule has 0 aliphatic carbocycles. The van der Waals surface area contributed by atoms with Crippen molar-refractivity contribution in [2.24, 2.45) is 7.05 Å². The molecule has 2 rings (SSSR count). The molecule has 2 aromatic rings. The number of aromatic nitrogens is 2. The highest BCUT2D eigenvalue weighted by molar-refractivity contribution is 9.10. The van der Waals surface area contributed by atoms with Crippen molar-refractivity contribution < 1.29 is 9.18 Å². The fourth-order valence-electron chi connectivity index (χ4n) is 2.35. The van der Waals surface area contributed by atoms with E-state index in [-0.39, 0.29) is 18.3 Å². The molecule has 1 amide bonds. The van der Waals surface area contributed by atoms with Gasteiger partial charge in [-0.05, 0) is 31.2 Å². The van der Waals surface area contributed by atoms with Gasteiger partial charge in [0.15, 0.2) is 0 Å².